The highest BCUT2D eigenvalue weighted by Crippen LogP contribution is 2.43. The Balaban J connectivity index is 1.69. The Bertz CT molecular complexity index is 1220. The van der Waals surface area contributed by atoms with E-state index in [0.717, 1.165) is 58.0 Å². The summed E-state index contributed by atoms with van der Waals surface area (Å²) in [6.07, 6.45) is 5.90. The van der Waals surface area contributed by atoms with Crippen molar-refractivity contribution in [3.05, 3.63) is 78.2 Å². The van der Waals surface area contributed by atoms with Gasteiger partial charge >= 0.3 is 0 Å². The fourth-order valence-corrected chi connectivity index (χ4v) is 3.85. The van der Waals surface area contributed by atoms with E-state index in [0.29, 0.717) is 5.56 Å². The van der Waals surface area contributed by atoms with E-state index >= 15 is 0 Å². The highest BCUT2D eigenvalue weighted by Gasteiger charge is 2.26. The molecule has 0 saturated heterocycles. The fraction of sp³-hybridized carbons (Fsp3) is 0.130. The molecule has 2 aromatic carbocycles. The molecule has 29 heavy (non-hydrogen) atoms. The average molecular weight is 379 g/mol. The lowest BCUT2D eigenvalue weighted by Crippen LogP contribution is -2.19. The van der Waals surface area contributed by atoms with Gasteiger partial charge in [0.1, 0.15) is 12.1 Å². The van der Waals surface area contributed by atoms with Crippen molar-refractivity contribution < 1.29 is 4.52 Å². The molecular formula is C23H17N5O. The van der Waals surface area contributed by atoms with Gasteiger partial charge in [-0.3, -0.25) is 0 Å². The molecule has 0 radical (unpaired) electrons. The van der Waals surface area contributed by atoms with Gasteiger partial charge < -0.3 is 9.42 Å². The number of nitrogens with zero attached hydrogens (tertiary/aromatic N) is 5. The molecule has 0 saturated carbocycles. The smallest absolute Gasteiger partial charge is 0.146 e. The summed E-state index contributed by atoms with van der Waals surface area (Å²) in [5, 5.41) is 13.3. The minimum Gasteiger partial charge on any atom is -0.360 e. The molecule has 5 rings (SSSR count). The number of rotatable bonds is 2. The van der Waals surface area contributed by atoms with Gasteiger partial charge in [-0.05, 0) is 48.9 Å². The van der Waals surface area contributed by atoms with Crippen LogP contribution in [0.5, 0.6) is 0 Å². The molecule has 0 atom stereocenters. The number of hydrogen-bond donors (Lipinski definition) is 0. The molecule has 0 amide bonds. The Kier molecular flexibility index (Phi) is 4.07. The van der Waals surface area contributed by atoms with E-state index in [1.807, 2.05) is 43.6 Å². The molecule has 1 aliphatic rings. The van der Waals surface area contributed by atoms with Crippen LogP contribution < -0.4 is 4.90 Å². The minimum absolute atomic E-state index is 0.648. The molecule has 6 heteroatoms. The SMILES string of the molecule is Cc1noc2c1-c1cc(-c3cncnc3)ccc1N(c1ccc(C#N)cc1)CC2. The number of nitriles is 1. The summed E-state index contributed by atoms with van der Waals surface area (Å²) in [6.45, 7) is 2.73. The molecule has 0 spiro atoms. The Morgan fingerprint density at radius 3 is 2.59 bits per heavy atom. The summed E-state index contributed by atoms with van der Waals surface area (Å²) >= 11 is 0. The molecule has 0 bridgehead atoms. The first-order valence-corrected chi connectivity index (χ1v) is 9.37. The van der Waals surface area contributed by atoms with Crippen LogP contribution in [0.15, 0.2) is 65.7 Å². The zero-order chi connectivity index (χ0) is 19.8. The van der Waals surface area contributed by atoms with Gasteiger partial charge in [-0.25, -0.2) is 9.97 Å². The van der Waals surface area contributed by atoms with Gasteiger partial charge in [-0.2, -0.15) is 5.26 Å². The second-order valence-corrected chi connectivity index (χ2v) is 6.99. The normalized spacial score (nSPS) is 12.6. The van der Waals surface area contributed by atoms with Crippen LogP contribution in [0.1, 0.15) is 17.0 Å². The van der Waals surface area contributed by atoms with E-state index in [1.54, 1.807) is 0 Å². The van der Waals surface area contributed by atoms with Gasteiger partial charge in [-0.15, -0.1) is 0 Å². The lowest BCUT2D eigenvalue weighted by atomic mass is 9.97. The third kappa shape index (κ3) is 2.93. The maximum atomic E-state index is 9.11. The van der Waals surface area contributed by atoms with Crippen LogP contribution in [0.25, 0.3) is 22.3 Å². The zero-order valence-corrected chi connectivity index (χ0v) is 15.8. The largest absolute Gasteiger partial charge is 0.360 e. The Morgan fingerprint density at radius 1 is 1.03 bits per heavy atom. The van der Waals surface area contributed by atoms with Crippen molar-refractivity contribution in [2.24, 2.45) is 0 Å². The van der Waals surface area contributed by atoms with E-state index in [4.69, 9.17) is 9.78 Å². The van der Waals surface area contributed by atoms with Crippen molar-refractivity contribution in [2.75, 3.05) is 11.4 Å². The second-order valence-electron chi connectivity index (χ2n) is 6.99. The maximum Gasteiger partial charge on any atom is 0.146 e. The Labute approximate surface area is 168 Å². The van der Waals surface area contributed by atoms with E-state index in [1.165, 1.54) is 6.33 Å². The molecule has 1 aliphatic heterocycles. The highest BCUT2D eigenvalue weighted by atomic mass is 16.5. The minimum atomic E-state index is 0.648. The van der Waals surface area contributed by atoms with Gasteiger partial charge in [0.05, 0.1) is 17.3 Å². The van der Waals surface area contributed by atoms with Crippen LogP contribution in [0.2, 0.25) is 0 Å². The standard InChI is InChI=1S/C23H17N5O/c1-15-23-20-10-17(18-12-25-14-26-13-18)4-7-21(20)28(9-8-22(23)29-27-15)19-5-2-16(11-24)3-6-19/h2-7,10,12-14H,8-9H2,1H3. The molecule has 0 aliphatic carbocycles. The third-order valence-corrected chi connectivity index (χ3v) is 5.25. The Hall–Kier alpha value is -3.98. The van der Waals surface area contributed by atoms with Gasteiger partial charge in [0.25, 0.3) is 0 Å². The first kappa shape index (κ1) is 17.1. The average Bonchev–Trinajstić information content (AvgIpc) is 3.06. The number of benzene rings is 2. The van der Waals surface area contributed by atoms with Crippen molar-refractivity contribution in [1.29, 1.82) is 5.26 Å². The number of anilines is 2. The summed E-state index contributed by atoms with van der Waals surface area (Å²) in [5.74, 6) is 0.890. The lowest BCUT2D eigenvalue weighted by Gasteiger charge is -2.25. The molecule has 2 aromatic heterocycles. The topological polar surface area (TPSA) is 78.8 Å². The van der Waals surface area contributed by atoms with Gasteiger partial charge in [0, 0.05) is 53.4 Å². The zero-order valence-electron chi connectivity index (χ0n) is 15.8. The monoisotopic (exact) mass is 379 g/mol. The van der Waals surface area contributed by atoms with Gasteiger partial charge in [0.15, 0.2) is 0 Å². The predicted octanol–water partition coefficient (Wildman–Crippen LogP) is 4.67. The lowest BCUT2D eigenvalue weighted by molar-refractivity contribution is 0.381. The summed E-state index contributed by atoms with van der Waals surface area (Å²) in [4.78, 5) is 10.5. The maximum absolute atomic E-state index is 9.11. The number of fused-ring (bicyclic) bond motifs is 3. The van der Waals surface area contributed by atoms with Crippen molar-refractivity contribution in [2.45, 2.75) is 13.3 Å². The quantitative estimate of drug-likeness (QED) is 0.503. The molecule has 0 fully saturated rings. The first-order valence-electron chi connectivity index (χ1n) is 9.37. The number of aryl methyl sites for hydroxylation is 1. The van der Waals surface area contributed by atoms with Crippen LogP contribution in [0.4, 0.5) is 11.4 Å². The van der Waals surface area contributed by atoms with Crippen molar-refractivity contribution in [1.82, 2.24) is 15.1 Å². The molecular weight excluding hydrogens is 362 g/mol. The third-order valence-electron chi connectivity index (χ3n) is 5.25. The molecule has 3 heterocycles. The number of aromatic nitrogens is 3. The number of hydrogen-bond acceptors (Lipinski definition) is 6. The van der Waals surface area contributed by atoms with Crippen LogP contribution >= 0.6 is 0 Å². The van der Waals surface area contributed by atoms with E-state index in [-0.39, 0.29) is 0 Å². The van der Waals surface area contributed by atoms with Gasteiger partial charge in [-0.1, -0.05) is 11.2 Å². The predicted molar refractivity (Wildman–Crippen MR) is 110 cm³/mol. The first-order chi connectivity index (χ1) is 14.2. The molecule has 6 nitrogen and oxygen atoms in total. The summed E-state index contributed by atoms with van der Waals surface area (Å²) in [6, 6.07) is 16.2. The van der Waals surface area contributed by atoms with Crippen LogP contribution in [0.3, 0.4) is 0 Å². The second kappa shape index (κ2) is 6.88. The molecule has 0 unspecified atom stereocenters. The molecule has 140 valence electrons. The van der Waals surface area contributed by atoms with E-state index < -0.39 is 0 Å². The summed E-state index contributed by atoms with van der Waals surface area (Å²) < 4.78 is 5.65. The fourth-order valence-electron chi connectivity index (χ4n) is 3.85. The van der Waals surface area contributed by atoms with E-state index in [9.17, 15) is 0 Å². The van der Waals surface area contributed by atoms with Crippen molar-refractivity contribution in [3.8, 4) is 28.3 Å². The summed E-state index contributed by atoms with van der Waals surface area (Å²) in [7, 11) is 0. The van der Waals surface area contributed by atoms with E-state index in [2.05, 4.69) is 44.3 Å². The molecule has 0 N–H and O–H groups in total. The van der Waals surface area contributed by atoms with Crippen LogP contribution in [-0.2, 0) is 6.42 Å². The Morgan fingerprint density at radius 2 is 1.83 bits per heavy atom. The molecule has 4 aromatic rings. The highest BCUT2D eigenvalue weighted by molar-refractivity contribution is 5.88. The van der Waals surface area contributed by atoms with Crippen LogP contribution in [0, 0.1) is 18.3 Å². The van der Waals surface area contributed by atoms with Gasteiger partial charge in [0.2, 0.25) is 0 Å². The van der Waals surface area contributed by atoms with Crippen LogP contribution in [-0.4, -0.2) is 21.7 Å². The summed E-state index contributed by atoms with van der Waals surface area (Å²) in [5.41, 5.74) is 7.77. The van der Waals surface area contributed by atoms with Crippen molar-refractivity contribution in [3.63, 3.8) is 0 Å². The van der Waals surface area contributed by atoms with Crippen molar-refractivity contribution >= 4 is 11.4 Å².